The minimum atomic E-state index is -1.46. The Morgan fingerprint density at radius 3 is 1.35 bits per heavy atom. The molecule has 2 aromatic rings. The zero-order chi connectivity index (χ0) is 64.3. The fourth-order valence-electron chi connectivity index (χ4n) is 9.90. The van der Waals surface area contributed by atoms with Gasteiger partial charge in [-0.2, -0.15) is 0 Å². The standard InChI is InChI=1S/C62H113N7O20/c1-4-5-6-7-8-10-13-16-19-22-62(61(75)76,23-20-17-14-11-9-12-15-18-21-53(70)71)60(74)64-24-25-77-26-27-78-28-29-79-30-31-80-32-33-81-34-35-82-36-37-83-38-39-84-40-41-85-42-43-86-44-45-87-46-47-88-69-57(72)52(48-51(2)3)89-59(58(69)73)68-50-67-54-55(63)65-49-66-56(54)68/h49-52,57-59,72-73H,4-48H2,1-3H3,(H,64,74)(H,70,71)(H,75,76)(H2,63,65,66)/t52-,57?,58?,59?,62?/m1/s1. The van der Waals surface area contributed by atoms with Crippen molar-refractivity contribution in [2.75, 3.05) is 164 Å². The summed E-state index contributed by atoms with van der Waals surface area (Å²) in [7, 11) is 0. The largest absolute Gasteiger partial charge is 0.481 e. The maximum Gasteiger partial charge on any atom is 0.319 e. The highest BCUT2D eigenvalue weighted by molar-refractivity contribution is 6.01. The minimum absolute atomic E-state index is 0.0642. The molecule has 1 amide bonds. The molecule has 0 aromatic carbocycles. The molecule has 4 unspecified atom stereocenters. The van der Waals surface area contributed by atoms with Crippen LogP contribution in [0.15, 0.2) is 12.7 Å². The number of aliphatic carboxylic acids is 2. The molecule has 0 spiro atoms. The Hall–Kier alpha value is -3.88. The summed E-state index contributed by atoms with van der Waals surface area (Å²) in [4.78, 5) is 55.4. The lowest BCUT2D eigenvalue weighted by Gasteiger charge is -2.45. The monoisotopic (exact) mass is 1280 g/mol. The van der Waals surface area contributed by atoms with Gasteiger partial charge in [-0.05, 0) is 31.6 Å². The van der Waals surface area contributed by atoms with Gasteiger partial charge in [0.25, 0.3) is 0 Å². The molecule has 0 bridgehead atoms. The summed E-state index contributed by atoms with van der Waals surface area (Å²) in [5.41, 5.74) is 5.25. The zero-order valence-electron chi connectivity index (χ0n) is 54.0. The van der Waals surface area contributed by atoms with E-state index in [2.05, 4.69) is 27.2 Å². The summed E-state index contributed by atoms with van der Waals surface area (Å²) in [5, 5.41) is 45.5. The third-order valence-electron chi connectivity index (χ3n) is 14.8. The number of unbranched alkanes of at least 4 members (excludes halogenated alkanes) is 15. The molecular weight excluding hydrogens is 1160 g/mol. The topological polar surface area (TPSA) is 337 Å². The number of nitrogens with one attached hydrogen (secondary N) is 1. The van der Waals surface area contributed by atoms with Crippen LogP contribution in [0.5, 0.6) is 0 Å². The first kappa shape index (κ1) is 79.4. The van der Waals surface area contributed by atoms with Gasteiger partial charge in [0.1, 0.15) is 23.4 Å². The van der Waals surface area contributed by atoms with Gasteiger partial charge in [-0.1, -0.05) is 124 Å². The number of nitrogen functional groups attached to an aromatic ring is 1. The zero-order valence-corrected chi connectivity index (χ0v) is 54.0. The summed E-state index contributed by atoms with van der Waals surface area (Å²) in [6.07, 6.45) is 17.0. The quantitative estimate of drug-likeness (QED) is 0.0304. The number of rotatable bonds is 63. The summed E-state index contributed by atoms with van der Waals surface area (Å²) in [5.74, 6) is -1.85. The number of anilines is 1. The molecule has 3 rings (SSSR count). The maximum absolute atomic E-state index is 13.6. The highest BCUT2D eigenvalue weighted by atomic mass is 16.7. The number of aliphatic hydroxyl groups is 2. The van der Waals surface area contributed by atoms with E-state index in [1.54, 1.807) is 4.57 Å². The van der Waals surface area contributed by atoms with E-state index in [1.165, 1.54) is 44.8 Å². The first-order valence-electron chi connectivity index (χ1n) is 32.9. The molecule has 0 radical (unpaired) electrons. The predicted octanol–water partition coefficient (Wildman–Crippen LogP) is 6.50. The summed E-state index contributed by atoms with van der Waals surface area (Å²) in [6.45, 7) is 15.1. The van der Waals surface area contributed by atoms with Gasteiger partial charge in [0.15, 0.2) is 30.1 Å². The second-order valence-corrected chi connectivity index (χ2v) is 22.5. The number of carbonyl (C=O) groups is 3. The van der Waals surface area contributed by atoms with Gasteiger partial charge in [-0.15, -0.1) is 5.06 Å². The van der Waals surface area contributed by atoms with Gasteiger partial charge in [0.05, 0.1) is 158 Å². The Labute approximate surface area is 528 Å². The van der Waals surface area contributed by atoms with Gasteiger partial charge in [0, 0.05) is 13.0 Å². The van der Waals surface area contributed by atoms with Crippen molar-refractivity contribution in [3.8, 4) is 0 Å². The molecule has 1 saturated heterocycles. The van der Waals surface area contributed by atoms with Crippen LogP contribution in [0.25, 0.3) is 11.2 Å². The summed E-state index contributed by atoms with van der Waals surface area (Å²) in [6, 6.07) is 0. The Bertz CT molecular complexity index is 2050. The van der Waals surface area contributed by atoms with Crippen molar-refractivity contribution in [1.82, 2.24) is 29.9 Å². The molecule has 27 nitrogen and oxygen atoms in total. The molecule has 27 heteroatoms. The van der Waals surface area contributed by atoms with E-state index < -0.39 is 48.0 Å². The van der Waals surface area contributed by atoms with Crippen LogP contribution in [0.2, 0.25) is 0 Å². The second kappa shape index (κ2) is 52.6. The van der Waals surface area contributed by atoms with E-state index in [4.69, 9.17) is 72.5 Å². The normalized spacial score (nSPS) is 17.1. The molecule has 0 saturated carbocycles. The van der Waals surface area contributed by atoms with Crippen LogP contribution >= 0.6 is 0 Å². The summed E-state index contributed by atoms with van der Waals surface area (Å²) >= 11 is 0. The van der Waals surface area contributed by atoms with Crippen LogP contribution in [0.4, 0.5) is 5.82 Å². The number of carbonyl (C=O) groups excluding carboxylic acids is 1. The second-order valence-electron chi connectivity index (χ2n) is 22.5. The van der Waals surface area contributed by atoms with Crippen LogP contribution in [0.1, 0.15) is 162 Å². The van der Waals surface area contributed by atoms with Crippen molar-refractivity contribution in [1.29, 1.82) is 0 Å². The number of nitrogens with zero attached hydrogens (tertiary/aromatic N) is 5. The minimum Gasteiger partial charge on any atom is -0.481 e. The lowest BCUT2D eigenvalue weighted by atomic mass is 9.76. The number of carboxylic acid groups (broad SMARTS) is 2. The Morgan fingerprint density at radius 1 is 0.551 bits per heavy atom. The van der Waals surface area contributed by atoms with Gasteiger partial charge in [0.2, 0.25) is 5.91 Å². The fourth-order valence-corrected chi connectivity index (χ4v) is 9.90. The molecule has 2 aromatic heterocycles. The van der Waals surface area contributed by atoms with Gasteiger partial charge < -0.3 is 88.3 Å². The van der Waals surface area contributed by atoms with E-state index in [0.717, 1.165) is 62.9 Å². The van der Waals surface area contributed by atoms with Gasteiger partial charge >= 0.3 is 11.9 Å². The predicted molar refractivity (Wildman–Crippen MR) is 331 cm³/mol. The SMILES string of the molecule is CCCCCCCCCCCC(CCCCCCCCCCC(=O)O)(C(=O)O)C(=O)NCCOCCOCCOCCOCCOCCOCCOCCOCCOCCOCCOCCON1C(O)C(n2cnc3c(N)ncnc32)O[C@H](CC(C)C)C1O. The molecule has 3 heterocycles. The van der Waals surface area contributed by atoms with Crippen LogP contribution in [-0.4, -0.2) is 240 Å². The molecule has 516 valence electrons. The van der Waals surface area contributed by atoms with E-state index in [1.807, 2.05) is 13.8 Å². The fraction of sp³-hybridized carbons (Fsp3) is 0.871. The van der Waals surface area contributed by atoms with Crippen molar-refractivity contribution in [3.05, 3.63) is 12.7 Å². The number of aromatic nitrogens is 4. The number of ether oxygens (including phenoxy) is 12. The highest BCUT2D eigenvalue weighted by Crippen LogP contribution is 2.35. The van der Waals surface area contributed by atoms with E-state index in [0.29, 0.717) is 182 Å². The van der Waals surface area contributed by atoms with Crippen LogP contribution in [-0.2, 0) is 76.1 Å². The number of amides is 1. The molecule has 1 fully saturated rings. The van der Waals surface area contributed by atoms with Gasteiger partial charge in [-0.3, -0.25) is 23.8 Å². The summed E-state index contributed by atoms with van der Waals surface area (Å²) < 4.78 is 69.0. The smallest absolute Gasteiger partial charge is 0.319 e. The number of carboxylic acids is 2. The number of hydrogen-bond acceptors (Lipinski definition) is 23. The van der Waals surface area contributed by atoms with E-state index >= 15 is 0 Å². The van der Waals surface area contributed by atoms with Crippen molar-refractivity contribution in [3.63, 3.8) is 0 Å². The van der Waals surface area contributed by atoms with Crippen molar-refractivity contribution < 1.29 is 96.5 Å². The lowest BCUT2D eigenvalue weighted by Crippen LogP contribution is -2.59. The molecule has 89 heavy (non-hydrogen) atoms. The van der Waals surface area contributed by atoms with E-state index in [9.17, 15) is 29.7 Å². The number of aliphatic hydroxyl groups excluding tert-OH is 2. The van der Waals surface area contributed by atoms with Crippen molar-refractivity contribution in [2.24, 2.45) is 11.3 Å². The molecule has 7 N–H and O–H groups in total. The maximum atomic E-state index is 13.6. The number of hydrogen-bond donors (Lipinski definition) is 6. The third kappa shape index (κ3) is 36.2. The van der Waals surface area contributed by atoms with E-state index in [-0.39, 0.29) is 44.5 Å². The number of morpholine rings is 1. The molecule has 5 atom stereocenters. The Balaban J connectivity index is 1.05. The van der Waals surface area contributed by atoms with Gasteiger partial charge in [-0.25, -0.2) is 15.0 Å². The average molecular weight is 1280 g/mol. The number of nitrogens with two attached hydrogens (primary N) is 1. The van der Waals surface area contributed by atoms with Crippen LogP contribution < -0.4 is 11.1 Å². The number of hydroxylamine groups is 2. The lowest BCUT2D eigenvalue weighted by molar-refractivity contribution is -0.391. The Kier molecular flexibility index (Phi) is 46.9. The number of fused-ring (bicyclic) bond motifs is 1. The van der Waals surface area contributed by atoms with Crippen LogP contribution in [0.3, 0.4) is 0 Å². The Morgan fingerprint density at radius 2 is 0.944 bits per heavy atom. The first-order valence-corrected chi connectivity index (χ1v) is 32.9. The molecule has 1 aliphatic heterocycles. The molecule has 1 aliphatic rings. The highest BCUT2D eigenvalue weighted by Gasteiger charge is 2.46. The third-order valence-corrected chi connectivity index (χ3v) is 14.8. The van der Waals surface area contributed by atoms with Crippen molar-refractivity contribution in [2.45, 2.75) is 180 Å². The number of imidazole rings is 1. The van der Waals surface area contributed by atoms with Crippen molar-refractivity contribution >= 4 is 34.8 Å². The first-order chi connectivity index (χ1) is 43.4. The molecular formula is C62H113N7O20. The van der Waals surface area contributed by atoms with Crippen LogP contribution in [0, 0.1) is 11.3 Å². The average Bonchev–Trinajstić information content (AvgIpc) is 2.17. The molecule has 0 aliphatic carbocycles.